The first-order valence-electron chi connectivity index (χ1n) is 5.74. The van der Waals surface area contributed by atoms with Crippen LogP contribution in [0.15, 0.2) is 12.1 Å². The molecular weight excluding hydrogens is 236 g/mol. The summed E-state index contributed by atoms with van der Waals surface area (Å²) in [6.45, 7) is 3.79. The minimum absolute atomic E-state index is 0.00625. The van der Waals surface area contributed by atoms with E-state index >= 15 is 0 Å². The second kappa shape index (κ2) is 4.64. The van der Waals surface area contributed by atoms with E-state index in [4.69, 9.17) is 9.84 Å². The second-order valence-electron chi connectivity index (χ2n) is 4.18. The number of hydrogen-bond acceptors (Lipinski definition) is 4. The fourth-order valence-electron chi connectivity index (χ4n) is 2.17. The quantitative estimate of drug-likeness (QED) is 0.785. The molecule has 0 fully saturated rings. The highest BCUT2D eigenvalue weighted by molar-refractivity contribution is 5.92. The molecule has 1 aliphatic rings. The lowest BCUT2D eigenvalue weighted by Crippen LogP contribution is -2.31. The summed E-state index contributed by atoms with van der Waals surface area (Å²) in [4.78, 5) is 26.5. The lowest BCUT2D eigenvalue weighted by atomic mass is 9.90. The van der Waals surface area contributed by atoms with Crippen molar-refractivity contribution in [3.05, 3.63) is 23.4 Å². The molecule has 2 atom stereocenters. The average molecular weight is 250 g/mol. The van der Waals surface area contributed by atoms with Gasteiger partial charge in [-0.25, -0.2) is 14.6 Å². The number of amides is 1. The van der Waals surface area contributed by atoms with Crippen LogP contribution in [0.4, 0.5) is 10.6 Å². The molecule has 0 aromatic carbocycles. The summed E-state index contributed by atoms with van der Waals surface area (Å²) in [6.07, 6.45) is -0.658. The molecule has 18 heavy (non-hydrogen) atoms. The Labute approximate surface area is 104 Å². The van der Waals surface area contributed by atoms with Gasteiger partial charge in [0.25, 0.3) is 0 Å². The molecule has 6 nitrogen and oxygen atoms in total. The van der Waals surface area contributed by atoms with Crippen molar-refractivity contribution in [3.63, 3.8) is 0 Å². The second-order valence-corrected chi connectivity index (χ2v) is 4.18. The number of nitrogens with one attached hydrogen (secondary N) is 1. The Balaban J connectivity index is 2.44. The lowest BCUT2D eigenvalue weighted by molar-refractivity contribution is 0.0215. The Kier molecular flexibility index (Phi) is 3.18. The van der Waals surface area contributed by atoms with Crippen molar-refractivity contribution in [1.82, 2.24) is 4.98 Å². The topological polar surface area (TPSA) is 88.5 Å². The minimum atomic E-state index is -1.18. The minimum Gasteiger partial charge on any atom is -0.465 e. The molecule has 2 rings (SSSR count). The molecule has 96 valence electrons. The Morgan fingerprint density at radius 1 is 1.56 bits per heavy atom. The van der Waals surface area contributed by atoms with Crippen molar-refractivity contribution in [2.45, 2.75) is 32.3 Å². The SMILES string of the molecule is CC[C@@H]1c2nc(NC(=O)O)ccc2C(=O)O[C@@H]1C. The number of hydrogen-bond donors (Lipinski definition) is 2. The van der Waals surface area contributed by atoms with E-state index in [2.05, 4.69) is 10.3 Å². The Bertz CT molecular complexity index is 501. The molecule has 0 saturated carbocycles. The summed E-state index contributed by atoms with van der Waals surface area (Å²) in [5.41, 5.74) is 1.02. The zero-order valence-electron chi connectivity index (χ0n) is 10.1. The number of fused-ring (bicyclic) bond motifs is 1. The normalized spacial score (nSPS) is 22.0. The number of carbonyl (C=O) groups excluding carboxylic acids is 1. The van der Waals surface area contributed by atoms with E-state index < -0.39 is 12.1 Å². The molecule has 0 spiro atoms. The summed E-state index contributed by atoms with van der Waals surface area (Å²) in [7, 11) is 0. The molecule has 1 aromatic heterocycles. The molecule has 0 aliphatic carbocycles. The van der Waals surface area contributed by atoms with Gasteiger partial charge in [-0.3, -0.25) is 5.32 Å². The highest BCUT2D eigenvalue weighted by atomic mass is 16.5. The number of cyclic esters (lactones) is 1. The van der Waals surface area contributed by atoms with E-state index in [0.717, 1.165) is 6.42 Å². The zero-order valence-corrected chi connectivity index (χ0v) is 10.1. The number of ether oxygens (including phenoxy) is 1. The van der Waals surface area contributed by atoms with E-state index in [-0.39, 0.29) is 17.8 Å². The zero-order chi connectivity index (χ0) is 13.3. The number of nitrogens with zero attached hydrogens (tertiary/aromatic N) is 1. The van der Waals surface area contributed by atoms with Crippen LogP contribution >= 0.6 is 0 Å². The van der Waals surface area contributed by atoms with Gasteiger partial charge in [0.2, 0.25) is 0 Å². The van der Waals surface area contributed by atoms with Crippen molar-refractivity contribution in [3.8, 4) is 0 Å². The van der Waals surface area contributed by atoms with Gasteiger partial charge in [-0.15, -0.1) is 0 Å². The summed E-state index contributed by atoms with van der Waals surface area (Å²) in [6, 6.07) is 3.00. The standard InChI is InChI=1S/C12H14N2O4/c1-3-7-6(2)18-11(15)8-4-5-9(13-10(7)8)14-12(16)17/h4-7H,3H2,1-2H3,(H,13,14)(H,16,17)/t6-,7+/m1/s1. The molecular formula is C12H14N2O4. The molecule has 1 amide bonds. The van der Waals surface area contributed by atoms with Crippen LogP contribution in [0.3, 0.4) is 0 Å². The van der Waals surface area contributed by atoms with Crippen LogP contribution in [-0.4, -0.2) is 28.3 Å². The number of esters is 1. The molecule has 1 aliphatic heterocycles. The van der Waals surface area contributed by atoms with Crippen molar-refractivity contribution < 1.29 is 19.4 Å². The van der Waals surface area contributed by atoms with Gasteiger partial charge in [0.15, 0.2) is 0 Å². The highest BCUT2D eigenvalue weighted by Crippen LogP contribution is 2.33. The van der Waals surface area contributed by atoms with Crippen LogP contribution in [-0.2, 0) is 4.74 Å². The molecule has 0 radical (unpaired) electrons. The maximum Gasteiger partial charge on any atom is 0.410 e. The summed E-state index contributed by atoms with van der Waals surface area (Å²) in [5, 5.41) is 10.8. The van der Waals surface area contributed by atoms with Gasteiger partial charge < -0.3 is 9.84 Å². The number of carbonyl (C=O) groups is 2. The van der Waals surface area contributed by atoms with Crippen LogP contribution in [0.1, 0.15) is 42.2 Å². The van der Waals surface area contributed by atoms with Gasteiger partial charge in [-0.05, 0) is 25.5 Å². The Morgan fingerprint density at radius 2 is 2.28 bits per heavy atom. The first kappa shape index (κ1) is 12.3. The smallest absolute Gasteiger partial charge is 0.410 e. The fraction of sp³-hybridized carbons (Fsp3) is 0.417. The van der Waals surface area contributed by atoms with Gasteiger partial charge in [-0.2, -0.15) is 0 Å². The first-order valence-corrected chi connectivity index (χ1v) is 5.74. The van der Waals surface area contributed by atoms with Crippen molar-refractivity contribution in [2.24, 2.45) is 0 Å². The molecule has 0 unspecified atom stereocenters. The molecule has 2 heterocycles. The van der Waals surface area contributed by atoms with E-state index in [1.165, 1.54) is 6.07 Å². The summed E-state index contributed by atoms with van der Waals surface area (Å²) in [5.74, 6) is -0.189. The van der Waals surface area contributed by atoms with Gasteiger partial charge in [0.1, 0.15) is 11.9 Å². The molecule has 0 bridgehead atoms. The predicted molar refractivity (Wildman–Crippen MR) is 63.8 cm³/mol. The van der Waals surface area contributed by atoms with Crippen LogP contribution in [0, 0.1) is 0 Å². The average Bonchev–Trinajstić information content (AvgIpc) is 2.28. The van der Waals surface area contributed by atoms with Gasteiger partial charge >= 0.3 is 12.1 Å². The molecule has 2 N–H and O–H groups in total. The van der Waals surface area contributed by atoms with Gasteiger partial charge in [-0.1, -0.05) is 6.92 Å². The summed E-state index contributed by atoms with van der Waals surface area (Å²) < 4.78 is 5.22. The third kappa shape index (κ3) is 2.13. The number of pyridine rings is 1. The van der Waals surface area contributed by atoms with Crippen LogP contribution < -0.4 is 5.32 Å². The van der Waals surface area contributed by atoms with Crippen LogP contribution in [0.2, 0.25) is 0 Å². The first-order chi connectivity index (χ1) is 8.52. The van der Waals surface area contributed by atoms with E-state index in [9.17, 15) is 9.59 Å². The van der Waals surface area contributed by atoms with Crippen molar-refractivity contribution in [2.75, 3.05) is 5.32 Å². The van der Waals surface area contributed by atoms with Crippen molar-refractivity contribution in [1.29, 1.82) is 0 Å². The molecule has 6 heteroatoms. The Hall–Kier alpha value is -2.11. The van der Waals surface area contributed by atoms with Crippen molar-refractivity contribution >= 4 is 17.9 Å². The van der Waals surface area contributed by atoms with Crippen LogP contribution in [0.5, 0.6) is 0 Å². The van der Waals surface area contributed by atoms with E-state index in [1.54, 1.807) is 6.07 Å². The number of carboxylic acid groups (broad SMARTS) is 1. The lowest BCUT2D eigenvalue weighted by Gasteiger charge is -2.29. The molecule has 0 saturated heterocycles. The van der Waals surface area contributed by atoms with Gasteiger partial charge in [0.05, 0.1) is 11.3 Å². The Morgan fingerprint density at radius 3 is 2.89 bits per heavy atom. The number of anilines is 1. The summed E-state index contributed by atoms with van der Waals surface area (Å²) >= 11 is 0. The monoisotopic (exact) mass is 250 g/mol. The third-order valence-corrected chi connectivity index (χ3v) is 3.03. The maximum atomic E-state index is 11.7. The largest absolute Gasteiger partial charge is 0.465 e. The maximum absolute atomic E-state index is 11.7. The number of rotatable bonds is 2. The van der Waals surface area contributed by atoms with E-state index in [1.807, 2.05) is 13.8 Å². The number of aromatic nitrogens is 1. The molecule has 1 aromatic rings. The van der Waals surface area contributed by atoms with E-state index in [0.29, 0.717) is 11.3 Å². The third-order valence-electron chi connectivity index (χ3n) is 3.03. The van der Waals surface area contributed by atoms with Gasteiger partial charge in [0, 0.05) is 5.92 Å². The predicted octanol–water partition coefficient (Wildman–Crippen LogP) is 2.22. The highest BCUT2D eigenvalue weighted by Gasteiger charge is 2.33. The fourth-order valence-corrected chi connectivity index (χ4v) is 2.17. The van der Waals surface area contributed by atoms with Crippen LogP contribution in [0.25, 0.3) is 0 Å².